The second kappa shape index (κ2) is 3.75. The van der Waals surface area contributed by atoms with Crippen LogP contribution in [0.25, 0.3) is 0 Å². The van der Waals surface area contributed by atoms with E-state index in [9.17, 15) is 4.21 Å². The summed E-state index contributed by atoms with van der Waals surface area (Å²) in [5.74, 6) is 0. The Morgan fingerprint density at radius 1 is 1.62 bits per heavy atom. The number of nitrogens with two attached hydrogens (primary N) is 1. The Balaban J connectivity index is 2.88. The van der Waals surface area contributed by atoms with E-state index in [-0.39, 0.29) is 0 Å². The molecule has 1 unspecified atom stereocenters. The van der Waals surface area contributed by atoms with Crippen molar-refractivity contribution in [1.82, 2.24) is 4.90 Å². The lowest BCUT2D eigenvalue weighted by atomic mass is 10.4. The van der Waals surface area contributed by atoms with Gasteiger partial charge in [-0.15, -0.1) is 11.3 Å². The molecule has 0 aliphatic carbocycles. The third-order valence-electron chi connectivity index (χ3n) is 1.41. The maximum atomic E-state index is 11.1. The fourth-order valence-corrected chi connectivity index (χ4v) is 2.86. The van der Waals surface area contributed by atoms with Crippen molar-refractivity contribution in [2.75, 3.05) is 14.1 Å². The highest BCUT2D eigenvalue weighted by Crippen LogP contribution is 2.21. The standard InChI is InChI=1S/C7H13N3OS2/c1-10(2)5-6-3-4-7(12-6)13(8,9)11/h3-4H,5H2,1-2H3,(H3,8,9,11). The zero-order valence-corrected chi connectivity index (χ0v) is 9.24. The molecule has 6 heteroatoms. The van der Waals surface area contributed by atoms with Crippen molar-refractivity contribution in [3.8, 4) is 0 Å². The van der Waals surface area contributed by atoms with Gasteiger partial charge in [0, 0.05) is 11.4 Å². The van der Waals surface area contributed by atoms with Crippen LogP contribution in [-0.2, 0) is 16.5 Å². The molecular weight excluding hydrogens is 206 g/mol. The smallest absolute Gasteiger partial charge is 0.141 e. The van der Waals surface area contributed by atoms with E-state index in [1.165, 1.54) is 11.3 Å². The molecule has 0 radical (unpaired) electrons. The van der Waals surface area contributed by atoms with Crippen molar-refractivity contribution in [1.29, 1.82) is 4.78 Å². The lowest BCUT2D eigenvalue weighted by Crippen LogP contribution is -2.09. The molecular formula is C7H13N3OS2. The van der Waals surface area contributed by atoms with E-state index in [0.717, 1.165) is 11.4 Å². The molecule has 0 bridgehead atoms. The van der Waals surface area contributed by atoms with Gasteiger partial charge in [0.05, 0.1) is 0 Å². The molecule has 0 aromatic carbocycles. The predicted molar refractivity (Wildman–Crippen MR) is 55.0 cm³/mol. The molecule has 0 aliphatic rings. The Labute approximate surface area is 82.5 Å². The van der Waals surface area contributed by atoms with Crippen LogP contribution >= 0.6 is 11.3 Å². The van der Waals surface area contributed by atoms with Gasteiger partial charge in [-0.3, -0.25) is 0 Å². The largest absolute Gasteiger partial charge is 0.304 e. The maximum absolute atomic E-state index is 11.1. The summed E-state index contributed by atoms with van der Waals surface area (Å²) in [6, 6.07) is 3.53. The molecule has 74 valence electrons. The van der Waals surface area contributed by atoms with Gasteiger partial charge in [0.1, 0.15) is 14.1 Å². The van der Waals surface area contributed by atoms with E-state index >= 15 is 0 Å². The molecule has 4 nitrogen and oxygen atoms in total. The second-order valence-corrected chi connectivity index (χ2v) is 6.13. The van der Waals surface area contributed by atoms with E-state index < -0.39 is 9.92 Å². The zero-order chi connectivity index (χ0) is 10.1. The number of rotatable bonds is 3. The van der Waals surface area contributed by atoms with Gasteiger partial charge in [-0.2, -0.15) is 0 Å². The number of thiophene rings is 1. The van der Waals surface area contributed by atoms with Crippen molar-refractivity contribution in [3.05, 3.63) is 17.0 Å². The van der Waals surface area contributed by atoms with E-state index in [0.29, 0.717) is 4.21 Å². The van der Waals surface area contributed by atoms with Crippen LogP contribution in [-0.4, -0.2) is 23.2 Å². The van der Waals surface area contributed by atoms with Crippen LogP contribution in [0.5, 0.6) is 0 Å². The molecule has 0 saturated heterocycles. The average molecular weight is 219 g/mol. The first kappa shape index (κ1) is 10.6. The van der Waals surface area contributed by atoms with Crippen molar-refractivity contribution in [3.63, 3.8) is 0 Å². The van der Waals surface area contributed by atoms with Gasteiger partial charge < -0.3 is 4.90 Å². The van der Waals surface area contributed by atoms with Crippen molar-refractivity contribution in [2.24, 2.45) is 5.14 Å². The molecule has 1 aromatic rings. The minimum Gasteiger partial charge on any atom is -0.304 e. The number of hydrogen-bond acceptors (Lipinski definition) is 4. The molecule has 1 rings (SSSR count). The molecule has 13 heavy (non-hydrogen) atoms. The summed E-state index contributed by atoms with van der Waals surface area (Å²) in [6.45, 7) is 0.792. The molecule has 0 aliphatic heterocycles. The van der Waals surface area contributed by atoms with Crippen LogP contribution < -0.4 is 5.14 Å². The molecule has 1 atom stereocenters. The van der Waals surface area contributed by atoms with E-state index in [1.807, 2.05) is 25.1 Å². The minimum absolute atomic E-state index is 0.448. The first-order valence-electron chi connectivity index (χ1n) is 3.69. The summed E-state index contributed by atoms with van der Waals surface area (Å²) in [7, 11) is 0.899. The SMILES string of the molecule is CN(C)Cc1ccc(S(=N)(N)=O)s1. The molecule has 0 spiro atoms. The highest BCUT2D eigenvalue weighted by atomic mass is 32.2. The third kappa shape index (κ3) is 3.07. The van der Waals surface area contributed by atoms with Gasteiger partial charge in [0.15, 0.2) is 0 Å². The Kier molecular flexibility index (Phi) is 3.07. The van der Waals surface area contributed by atoms with Crippen LogP contribution in [0.15, 0.2) is 16.3 Å². The quantitative estimate of drug-likeness (QED) is 0.799. The third-order valence-corrected chi connectivity index (χ3v) is 4.00. The molecule has 0 fully saturated rings. The van der Waals surface area contributed by atoms with E-state index in [4.69, 9.17) is 9.92 Å². The monoisotopic (exact) mass is 219 g/mol. The first-order valence-corrected chi connectivity index (χ1v) is 6.13. The summed E-state index contributed by atoms with van der Waals surface area (Å²) in [6.07, 6.45) is 0. The number of nitrogens with zero attached hydrogens (tertiary/aromatic N) is 1. The van der Waals surface area contributed by atoms with Crippen LogP contribution in [0.3, 0.4) is 0 Å². The van der Waals surface area contributed by atoms with Crippen molar-refractivity contribution >= 4 is 21.3 Å². The van der Waals surface area contributed by atoms with E-state index in [1.54, 1.807) is 6.07 Å². The van der Waals surface area contributed by atoms with E-state index in [2.05, 4.69) is 0 Å². The Morgan fingerprint density at radius 3 is 2.62 bits per heavy atom. The van der Waals surface area contributed by atoms with Gasteiger partial charge in [0.25, 0.3) is 0 Å². The zero-order valence-electron chi connectivity index (χ0n) is 7.61. The summed E-state index contributed by atoms with van der Waals surface area (Å²) >= 11 is 1.34. The fourth-order valence-electron chi connectivity index (χ4n) is 0.918. The predicted octanol–water partition coefficient (Wildman–Crippen LogP) is 1.09. The normalized spacial score (nSPS) is 16.0. The molecule has 0 amide bonds. The lowest BCUT2D eigenvalue weighted by molar-refractivity contribution is 0.406. The summed E-state index contributed by atoms with van der Waals surface area (Å²) in [5.41, 5.74) is 0. The number of hydrogen-bond donors (Lipinski definition) is 2. The molecule has 1 heterocycles. The topological polar surface area (TPSA) is 70.2 Å². The Hall–Kier alpha value is -0.430. The van der Waals surface area contributed by atoms with Crippen LogP contribution in [0.4, 0.5) is 0 Å². The minimum atomic E-state index is -3.02. The maximum Gasteiger partial charge on any atom is 0.141 e. The van der Waals surface area contributed by atoms with Gasteiger partial charge in [0.2, 0.25) is 0 Å². The highest BCUT2D eigenvalue weighted by Gasteiger charge is 2.07. The first-order chi connectivity index (χ1) is 5.89. The Morgan fingerprint density at radius 2 is 2.23 bits per heavy atom. The van der Waals surface area contributed by atoms with Gasteiger partial charge in [-0.1, -0.05) is 0 Å². The molecule has 3 N–H and O–H groups in total. The van der Waals surface area contributed by atoms with Crippen LogP contribution in [0.1, 0.15) is 4.88 Å². The van der Waals surface area contributed by atoms with Gasteiger partial charge >= 0.3 is 0 Å². The molecule has 0 saturated carbocycles. The summed E-state index contributed by atoms with van der Waals surface area (Å²) < 4.78 is 18.7. The summed E-state index contributed by atoms with van der Waals surface area (Å²) in [5, 5.41) is 5.19. The average Bonchev–Trinajstić information content (AvgIpc) is 2.32. The lowest BCUT2D eigenvalue weighted by Gasteiger charge is -2.05. The highest BCUT2D eigenvalue weighted by molar-refractivity contribution is 7.92. The van der Waals surface area contributed by atoms with Gasteiger partial charge in [-0.05, 0) is 26.2 Å². The molecule has 1 aromatic heterocycles. The van der Waals surface area contributed by atoms with Crippen molar-refractivity contribution < 1.29 is 4.21 Å². The Bertz CT molecular complexity index is 380. The van der Waals surface area contributed by atoms with Gasteiger partial charge in [-0.25, -0.2) is 14.1 Å². The summed E-state index contributed by atoms with van der Waals surface area (Å²) in [4.78, 5) is 3.09. The van der Waals surface area contributed by atoms with Crippen LogP contribution in [0, 0.1) is 4.78 Å². The van der Waals surface area contributed by atoms with Crippen molar-refractivity contribution in [2.45, 2.75) is 10.8 Å². The number of nitrogens with one attached hydrogen (secondary N) is 1. The van der Waals surface area contributed by atoms with Crippen LogP contribution in [0.2, 0.25) is 0 Å². The fraction of sp³-hybridized carbons (Fsp3) is 0.429. The second-order valence-electron chi connectivity index (χ2n) is 3.06.